The van der Waals surface area contributed by atoms with E-state index in [1.54, 1.807) is 42.5 Å². The molecule has 0 unspecified atom stereocenters. The zero-order valence-corrected chi connectivity index (χ0v) is 19.5. The third-order valence-corrected chi connectivity index (χ3v) is 7.57. The summed E-state index contributed by atoms with van der Waals surface area (Å²) >= 11 is 6.03. The second-order valence-electron chi connectivity index (χ2n) is 9.13. The summed E-state index contributed by atoms with van der Waals surface area (Å²) in [7, 11) is 0. The van der Waals surface area contributed by atoms with Crippen LogP contribution in [0.5, 0.6) is 0 Å². The average Bonchev–Trinajstić information content (AvgIpc) is 3.56. The number of rotatable bonds is 2. The first-order valence-electron chi connectivity index (χ1n) is 11.6. The van der Waals surface area contributed by atoms with E-state index in [2.05, 4.69) is 10.3 Å². The van der Waals surface area contributed by atoms with E-state index >= 15 is 0 Å². The van der Waals surface area contributed by atoms with Crippen molar-refractivity contribution in [1.29, 1.82) is 0 Å². The van der Waals surface area contributed by atoms with Gasteiger partial charge in [0.1, 0.15) is 11.6 Å². The lowest BCUT2D eigenvalue weighted by molar-refractivity contribution is -0.122. The maximum atomic E-state index is 14.2. The zero-order valence-electron chi connectivity index (χ0n) is 18.7. The number of hydrogen-bond acceptors (Lipinski definition) is 6. The number of hydrogen-bond donors (Lipinski definition) is 0. The second-order valence-corrected chi connectivity index (χ2v) is 9.57. The van der Waals surface area contributed by atoms with Gasteiger partial charge in [0.25, 0.3) is 5.91 Å². The fourth-order valence-corrected chi connectivity index (χ4v) is 5.92. The SMILES string of the molecule is O=C1[C@@H]2[C@H](C(=O)N1c1ccc(Cl)cc1)[C@@H](C(=O)n1nnc3ccccc31)N1c3ccccc3C=C[C@H]21. The van der Waals surface area contributed by atoms with Crippen molar-refractivity contribution in [2.24, 2.45) is 11.8 Å². The van der Waals surface area contributed by atoms with E-state index in [0.29, 0.717) is 21.7 Å². The van der Waals surface area contributed by atoms with Gasteiger partial charge in [-0.25, -0.2) is 4.90 Å². The normalized spacial score (nSPS) is 24.2. The monoisotopic (exact) mass is 495 g/mol. The van der Waals surface area contributed by atoms with Crippen LogP contribution in [0.3, 0.4) is 0 Å². The van der Waals surface area contributed by atoms with Crippen molar-refractivity contribution in [2.75, 3.05) is 9.80 Å². The number of nitrogens with zero attached hydrogens (tertiary/aromatic N) is 5. The summed E-state index contributed by atoms with van der Waals surface area (Å²) in [5.74, 6) is -2.74. The summed E-state index contributed by atoms with van der Waals surface area (Å²) < 4.78 is 1.25. The van der Waals surface area contributed by atoms with Crippen LogP contribution in [0.1, 0.15) is 10.4 Å². The number of anilines is 2. The van der Waals surface area contributed by atoms with E-state index < -0.39 is 35.7 Å². The van der Waals surface area contributed by atoms with Crippen LogP contribution in [0, 0.1) is 11.8 Å². The largest absolute Gasteiger partial charge is 0.351 e. The summed E-state index contributed by atoms with van der Waals surface area (Å²) in [6, 6.07) is 20.0. The van der Waals surface area contributed by atoms with Crippen molar-refractivity contribution >= 4 is 57.8 Å². The summed E-state index contributed by atoms with van der Waals surface area (Å²) in [6.07, 6.45) is 3.87. The van der Waals surface area contributed by atoms with Gasteiger partial charge < -0.3 is 4.90 Å². The molecule has 0 N–H and O–H groups in total. The van der Waals surface area contributed by atoms with Gasteiger partial charge in [0.2, 0.25) is 11.8 Å². The minimum Gasteiger partial charge on any atom is -0.351 e. The first-order chi connectivity index (χ1) is 17.5. The van der Waals surface area contributed by atoms with Gasteiger partial charge in [-0.05, 0) is 48.0 Å². The van der Waals surface area contributed by atoms with Crippen LogP contribution in [0.25, 0.3) is 17.1 Å². The van der Waals surface area contributed by atoms with Crippen molar-refractivity contribution < 1.29 is 14.4 Å². The zero-order chi connectivity index (χ0) is 24.6. The Bertz CT molecular complexity index is 1610. The van der Waals surface area contributed by atoms with Gasteiger partial charge >= 0.3 is 0 Å². The van der Waals surface area contributed by atoms with Gasteiger partial charge in [-0.1, -0.05) is 59.3 Å². The molecule has 0 radical (unpaired) electrons. The Hall–Kier alpha value is -4.30. The van der Waals surface area contributed by atoms with Gasteiger partial charge in [0.05, 0.1) is 29.1 Å². The highest BCUT2D eigenvalue weighted by atomic mass is 35.5. The van der Waals surface area contributed by atoms with Gasteiger partial charge in [0, 0.05) is 10.7 Å². The van der Waals surface area contributed by atoms with Crippen LogP contribution in [0.4, 0.5) is 11.4 Å². The number of imide groups is 1. The number of carbonyl (C=O) groups excluding carboxylic acids is 3. The molecule has 2 saturated heterocycles. The van der Waals surface area contributed by atoms with Crippen molar-refractivity contribution in [3.63, 3.8) is 0 Å². The number of fused-ring (bicyclic) bond motifs is 6. The molecule has 3 aliphatic rings. The van der Waals surface area contributed by atoms with E-state index in [0.717, 1.165) is 11.3 Å². The maximum absolute atomic E-state index is 14.2. The summed E-state index contributed by atoms with van der Waals surface area (Å²) in [4.78, 5) is 45.0. The molecule has 2 fully saturated rings. The van der Waals surface area contributed by atoms with Crippen LogP contribution in [0.2, 0.25) is 5.02 Å². The van der Waals surface area contributed by atoms with E-state index in [1.807, 2.05) is 47.4 Å². The van der Waals surface area contributed by atoms with E-state index in [1.165, 1.54) is 9.58 Å². The predicted molar refractivity (Wildman–Crippen MR) is 135 cm³/mol. The van der Waals surface area contributed by atoms with Gasteiger partial charge in [-0.15, -0.1) is 5.10 Å². The summed E-state index contributed by atoms with van der Waals surface area (Å²) in [5, 5.41) is 8.76. The van der Waals surface area contributed by atoms with Crippen LogP contribution in [-0.4, -0.2) is 44.8 Å². The molecular formula is C27H18ClN5O3. The molecular weight excluding hydrogens is 478 g/mol. The molecule has 4 aromatic rings. The van der Waals surface area contributed by atoms with E-state index in [-0.39, 0.29) is 5.91 Å². The van der Waals surface area contributed by atoms with Crippen molar-refractivity contribution in [2.45, 2.75) is 12.1 Å². The Morgan fingerprint density at radius 1 is 0.861 bits per heavy atom. The average molecular weight is 496 g/mol. The Labute approximate surface area is 210 Å². The third kappa shape index (κ3) is 2.79. The molecule has 4 heterocycles. The minimum absolute atomic E-state index is 0.329. The Kier molecular flexibility index (Phi) is 4.44. The quantitative estimate of drug-likeness (QED) is 0.393. The summed E-state index contributed by atoms with van der Waals surface area (Å²) in [6.45, 7) is 0. The highest BCUT2D eigenvalue weighted by Gasteiger charge is 2.64. The molecule has 3 aliphatic heterocycles. The molecule has 9 heteroatoms. The molecule has 4 atom stereocenters. The lowest BCUT2D eigenvalue weighted by Gasteiger charge is -2.36. The molecule has 0 saturated carbocycles. The number of amides is 2. The predicted octanol–water partition coefficient (Wildman–Crippen LogP) is 3.81. The molecule has 7 rings (SSSR count). The van der Waals surface area contributed by atoms with Gasteiger partial charge in [-0.3, -0.25) is 14.4 Å². The number of benzene rings is 3. The highest BCUT2D eigenvalue weighted by Crippen LogP contribution is 2.49. The lowest BCUT2D eigenvalue weighted by atomic mass is 9.88. The molecule has 36 heavy (non-hydrogen) atoms. The fourth-order valence-electron chi connectivity index (χ4n) is 5.80. The second kappa shape index (κ2) is 7.60. The first-order valence-corrected chi connectivity index (χ1v) is 12.0. The van der Waals surface area contributed by atoms with E-state index in [4.69, 9.17) is 11.6 Å². The standard InChI is InChI=1S/C27H18ClN5O3/c28-16-10-12-17(13-11-16)31-25(34)22-21-14-9-15-5-1-3-7-19(15)32(21)24(23(22)26(31)35)27(36)33-20-8-4-2-6-18(20)29-30-33/h1-14,21-24H/t21-,22+,23+,24+/m1/s1. The maximum Gasteiger partial charge on any atom is 0.272 e. The molecule has 2 amide bonds. The number of carbonyl (C=O) groups is 3. The number of para-hydroxylation sites is 2. The number of aromatic nitrogens is 3. The third-order valence-electron chi connectivity index (χ3n) is 7.31. The molecule has 8 nitrogen and oxygen atoms in total. The number of halogens is 1. The molecule has 3 aromatic carbocycles. The minimum atomic E-state index is -0.940. The van der Waals surface area contributed by atoms with Gasteiger partial charge in [-0.2, -0.15) is 4.68 Å². The molecule has 1 aromatic heterocycles. The molecule has 0 bridgehead atoms. The Morgan fingerprint density at radius 3 is 2.42 bits per heavy atom. The molecule has 176 valence electrons. The Balaban J connectivity index is 1.39. The van der Waals surface area contributed by atoms with Crippen molar-refractivity contribution in [3.8, 4) is 0 Å². The van der Waals surface area contributed by atoms with Crippen LogP contribution in [0.15, 0.2) is 78.9 Å². The van der Waals surface area contributed by atoms with Crippen LogP contribution in [-0.2, 0) is 9.59 Å². The molecule has 0 aliphatic carbocycles. The van der Waals surface area contributed by atoms with Gasteiger partial charge in [0.15, 0.2) is 0 Å². The highest BCUT2D eigenvalue weighted by molar-refractivity contribution is 6.31. The lowest BCUT2D eigenvalue weighted by Crippen LogP contribution is -2.50. The van der Waals surface area contributed by atoms with Crippen molar-refractivity contribution in [1.82, 2.24) is 15.0 Å². The van der Waals surface area contributed by atoms with E-state index in [9.17, 15) is 14.4 Å². The molecule has 0 spiro atoms. The van der Waals surface area contributed by atoms with Crippen LogP contribution < -0.4 is 9.80 Å². The topological polar surface area (TPSA) is 88.4 Å². The summed E-state index contributed by atoms with van der Waals surface area (Å²) in [5.41, 5.74) is 3.29. The smallest absolute Gasteiger partial charge is 0.272 e. The van der Waals surface area contributed by atoms with Crippen molar-refractivity contribution in [3.05, 3.63) is 89.5 Å². The first kappa shape index (κ1) is 21.0. The van der Waals surface area contributed by atoms with Crippen LogP contribution >= 0.6 is 11.6 Å². The Morgan fingerprint density at radius 2 is 1.58 bits per heavy atom. The fraction of sp³-hybridized carbons (Fsp3) is 0.148.